The summed E-state index contributed by atoms with van der Waals surface area (Å²) in [7, 11) is 0. The Labute approximate surface area is 221 Å². The maximum Gasteiger partial charge on any atom is 0.345 e. The van der Waals surface area contributed by atoms with Gasteiger partial charge in [-0.05, 0) is 41.0 Å². The minimum absolute atomic E-state index is 0.219. The van der Waals surface area contributed by atoms with E-state index in [9.17, 15) is 50.1 Å². The van der Waals surface area contributed by atoms with Crippen LogP contribution in [0.25, 0.3) is 0 Å². The molecule has 2 bridgehead atoms. The first kappa shape index (κ1) is 27.5. The Morgan fingerprint density at radius 3 is 2.08 bits per heavy atom. The van der Waals surface area contributed by atoms with Crippen molar-refractivity contribution in [3.8, 4) is 23.0 Å². The highest BCUT2D eigenvalue weighted by Crippen LogP contribution is 2.54. The largest absolute Gasteiger partial charge is 0.504 e. The fourth-order valence-electron chi connectivity index (χ4n) is 5.38. The Balaban J connectivity index is 1.74. The fourth-order valence-corrected chi connectivity index (χ4v) is 5.38. The number of phenolic OH excluding ortho intramolecular Hbond substituents is 4. The van der Waals surface area contributed by atoms with Crippen molar-refractivity contribution in [3.63, 3.8) is 0 Å². The molecule has 2 aromatic carbocycles. The van der Waals surface area contributed by atoms with Gasteiger partial charge in [0, 0.05) is 30.3 Å². The Bertz CT molecular complexity index is 1360. The third-order valence-electron chi connectivity index (χ3n) is 7.14. The molecule has 2 aromatic rings. The van der Waals surface area contributed by atoms with Crippen LogP contribution < -0.4 is 0 Å². The van der Waals surface area contributed by atoms with E-state index in [4.69, 9.17) is 9.84 Å². The standard InChI is InChI=1S/C27H26O12/c28-15-4-1-11(7-17(15)30)8-19(26(36)37)39-27(38)23-21(13-2-5-16(29)18(31)10-13)14-9-12(3-6-20(32)33)22(23)25(35)24(14)34/h1-7,9-10,14,19,21-25,28-31,34-35H,8H2,(H,32,33)(H,36,37)/b6-3+/t14?,19-,21?,22?,23?,24?,25?/m1/s1. The van der Waals surface area contributed by atoms with Gasteiger partial charge < -0.3 is 45.6 Å². The van der Waals surface area contributed by atoms with E-state index in [2.05, 4.69) is 0 Å². The van der Waals surface area contributed by atoms with Crippen molar-refractivity contribution < 1.29 is 60.0 Å². The van der Waals surface area contributed by atoms with Crippen molar-refractivity contribution in [2.75, 3.05) is 0 Å². The molecule has 0 aliphatic heterocycles. The minimum atomic E-state index is -1.75. The Morgan fingerprint density at radius 2 is 1.49 bits per heavy atom. The summed E-state index contributed by atoms with van der Waals surface area (Å²) in [4.78, 5) is 36.8. The summed E-state index contributed by atoms with van der Waals surface area (Å²) < 4.78 is 5.39. The van der Waals surface area contributed by atoms with Crippen LogP contribution in [0.2, 0.25) is 0 Å². The van der Waals surface area contributed by atoms with Crippen LogP contribution >= 0.6 is 0 Å². The van der Waals surface area contributed by atoms with E-state index < -0.39 is 82.9 Å². The molecule has 206 valence electrons. The van der Waals surface area contributed by atoms with Gasteiger partial charge in [-0.25, -0.2) is 9.59 Å². The number of aliphatic hydroxyl groups is 2. The number of aliphatic hydroxyl groups excluding tert-OH is 2. The first-order valence-electron chi connectivity index (χ1n) is 11.8. The Kier molecular flexibility index (Phi) is 7.52. The van der Waals surface area contributed by atoms with Gasteiger partial charge in [0.15, 0.2) is 23.0 Å². The molecule has 1 saturated carbocycles. The number of carboxylic acid groups (broad SMARTS) is 2. The van der Waals surface area contributed by atoms with Crippen molar-refractivity contribution in [2.24, 2.45) is 17.8 Å². The minimum Gasteiger partial charge on any atom is -0.504 e. The number of hydrogen-bond donors (Lipinski definition) is 8. The highest BCUT2D eigenvalue weighted by atomic mass is 16.6. The van der Waals surface area contributed by atoms with Gasteiger partial charge >= 0.3 is 17.9 Å². The molecule has 6 unspecified atom stereocenters. The normalized spacial score (nSPS) is 26.7. The summed E-state index contributed by atoms with van der Waals surface area (Å²) in [6, 6.07) is 7.33. The number of allylic oxidation sites excluding steroid dienone is 1. The second kappa shape index (κ2) is 10.7. The zero-order chi connectivity index (χ0) is 28.6. The lowest BCUT2D eigenvalue weighted by Gasteiger charge is -2.51. The average molecular weight is 542 g/mol. The van der Waals surface area contributed by atoms with Crippen molar-refractivity contribution in [2.45, 2.75) is 30.7 Å². The molecule has 3 aliphatic carbocycles. The van der Waals surface area contributed by atoms with Crippen LogP contribution in [0.4, 0.5) is 0 Å². The number of rotatable bonds is 8. The van der Waals surface area contributed by atoms with Crippen LogP contribution in [0.15, 0.2) is 60.2 Å². The van der Waals surface area contributed by atoms with Crippen LogP contribution in [0, 0.1) is 17.8 Å². The summed E-state index contributed by atoms with van der Waals surface area (Å²) in [6.07, 6.45) is -1.58. The number of hydrogen-bond acceptors (Lipinski definition) is 10. The summed E-state index contributed by atoms with van der Waals surface area (Å²) in [6.45, 7) is 0. The molecule has 5 rings (SSSR count). The number of phenols is 4. The molecular formula is C27H26O12. The van der Waals surface area contributed by atoms with Crippen molar-refractivity contribution in [3.05, 3.63) is 71.3 Å². The zero-order valence-corrected chi connectivity index (χ0v) is 20.2. The van der Waals surface area contributed by atoms with Crippen molar-refractivity contribution >= 4 is 17.9 Å². The van der Waals surface area contributed by atoms with E-state index in [-0.39, 0.29) is 23.1 Å². The summed E-state index contributed by atoms with van der Waals surface area (Å²) in [5.41, 5.74) is 0.730. The fraction of sp³-hybridized carbons (Fsp3) is 0.296. The molecule has 0 heterocycles. The number of carbonyl (C=O) groups excluding carboxylic acids is 1. The number of benzene rings is 2. The van der Waals surface area contributed by atoms with E-state index in [1.807, 2.05) is 0 Å². The van der Waals surface area contributed by atoms with Crippen LogP contribution in [0.5, 0.6) is 23.0 Å². The summed E-state index contributed by atoms with van der Waals surface area (Å²) >= 11 is 0. The first-order valence-corrected chi connectivity index (χ1v) is 11.8. The van der Waals surface area contributed by atoms with Gasteiger partial charge in [-0.3, -0.25) is 4.79 Å². The number of aliphatic carboxylic acids is 2. The molecule has 1 fully saturated rings. The second-order valence-corrected chi connectivity index (χ2v) is 9.51. The Morgan fingerprint density at radius 1 is 0.846 bits per heavy atom. The van der Waals surface area contributed by atoms with Crippen molar-refractivity contribution in [1.82, 2.24) is 0 Å². The van der Waals surface area contributed by atoms with Crippen LogP contribution in [-0.4, -0.2) is 77.1 Å². The van der Waals surface area contributed by atoms with Gasteiger partial charge in [-0.1, -0.05) is 24.3 Å². The molecule has 12 nitrogen and oxygen atoms in total. The monoisotopic (exact) mass is 542 g/mol. The third-order valence-corrected chi connectivity index (χ3v) is 7.14. The van der Waals surface area contributed by atoms with E-state index >= 15 is 0 Å². The molecule has 8 N–H and O–H groups in total. The van der Waals surface area contributed by atoms with E-state index in [0.717, 1.165) is 18.2 Å². The quantitative estimate of drug-likeness (QED) is 0.133. The molecule has 0 spiro atoms. The van der Waals surface area contributed by atoms with Gasteiger partial charge in [0.25, 0.3) is 0 Å². The smallest absolute Gasteiger partial charge is 0.345 e. The summed E-state index contributed by atoms with van der Waals surface area (Å²) in [5.74, 6) is -10.2. The Hall–Kier alpha value is -4.55. The molecule has 3 aliphatic rings. The van der Waals surface area contributed by atoms with Gasteiger partial charge in [0.05, 0.1) is 18.1 Å². The molecule has 12 heteroatoms. The highest BCUT2D eigenvalue weighted by molar-refractivity contribution is 5.82. The lowest BCUT2D eigenvalue weighted by molar-refractivity contribution is -0.176. The molecule has 0 aromatic heterocycles. The number of carboxylic acids is 2. The highest BCUT2D eigenvalue weighted by Gasteiger charge is 2.57. The molecule has 0 saturated heterocycles. The van der Waals surface area contributed by atoms with Crippen LogP contribution in [0.3, 0.4) is 0 Å². The van der Waals surface area contributed by atoms with Crippen molar-refractivity contribution in [1.29, 1.82) is 0 Å². The van der Waals surface area contributed by atoms with Gasteiger partial charge in [-0.2, -0.15) is 0 Å². The van der Waals surface area contributed by atoms with Gasteiger partial charge in [0.2, 0.25) is 6.10 Å². The van der Waals surface area contributed by atoms with Crippen LogP contribution in [-0.2, 0) is 25.5 Å². The summed E-state index contributed by atoms with van der Waals surface area (Å²) in [5, 5.41) is 79.6. The first-order chi connectivity index (χ1) is 18.4. The van der Waals surface area contributed by atoms with E-state index in [0.29, 0.717) is 0 Å². The third kappa shape index (κ3) is 5.38. The number of carbonyl (C=O) groups is 3. The SMILES string of the molecule is O=C(O)/C=C/C1=CC2C(O)C(O)C1C(C(=O)O[C@H](Cc1ccc(O)c(O)c1)C(=O)O)C2c1ccc(O)c(O)c1. The zero-order valence-electron chi connectivity index (χ0n) is 20.2. The molecule has 39 heavy (non-hydrogen) atoms. The predicted octanol–water partition coefficient (Wildman–Crippen LogP) is 0.996. The van der Waals surface area contributed by atoms with Gasteiger partial charge in [-0.15, -0.1) is 0 Å². The van der Waals surface area contributed by atoms with Gasteiger partial charge in [0.1, 0.15) is 0 Å². The number of fused-ring (bicyclic) bond motifs is 2. The molecule has 0 radical (unpaired) electrons. The lowest BCUT2D eigenvalue weighted by atomic mass is 9.55. The number of esters is 1. The maximum absolute atomic E-state index is 13.6. The number of ether oxygens (including phenoxy) is 1. The van der Waals surface area contributed by atoms with E-state index in [1.165, 1.54) is 36.4 Å². The average Bonchev–Trinajstić information content (AvgIpc) is 2.88. The topological polar surface area (TPSA) is 222 Å². The number of aromatic hydroxyl groups is 4. The maximum atomic E-state index is 13.6. The second-order valence-electron chi connectivity index (χ2n) is 9.51. The van der Waals surface area contributed by atoms with Crippen LogP contribution in [0.1, 0.15) is 17.0 Å². The lowest BCUT2D eigenvalue weighted by Crippen LogP contribution is -2.57. The molecule has 7 atom stereocenters. The molecular weight excluding hydrogens is 516 g/mol. The molecule has 0 amide bonds. The van der Waals surface area contributed by atoms with E-state index in [1.54, 1.807) is 0 Å². The predicted molar refractivity (Wildman–Crippen MR) is 131 cm³/mol.